The Morgan fingerprint density at radius 2 is 2.00 bits per heavy atom. The van der Waals surface area contributed by atoms with Gasteiger partial charge in [-0.2, -0.15) is 13.2 Å². The maximum atomic E-state index is 12.3. The average molecular weight is 236 g/mol. The topological polar surface area (TPSA) is 37.3 Å². The molecule has 1 N–H and O–H groups in total. The summed E-state index contributed by atoms with van der Waals surface area (Å²) in [5.41, 5.74) is -0.808. The van der Waals surface area contributed by atoms with E-state index in [-0.39, 0.29) is 10.5 Å². The average Bonchev–Trinajstić information content (AvgIpc) is 2.06. The Bertz CT molecular complexity index is 387. The minimum Gasteiger partial charge on any atom is -0.481 e. The molecule has 0 unspecified atom stereocenters. The number of benzene rings is 1. The van der Waals surface area contributed by atoms with Gasteiger partial charge in [-0.3, -0.25) is 4.79 Å². The van der Waals surface area contributed by atoms with E-state index in [9.17, 15) is 18.0 Å². The summed E-state index contributed by atoms with van der Waals surface area (Å²) >= 11 is 3.88. The number of alkyl halides is 3. The first-order valence-corrected chi connectivity index (χ1v) is 4.36. The second-order valence-corrected chi connectivity index (χ2v) is 3.39. The van der Waals surface area contributed by atoms with Crippen molar-refractivity contribution >= 4 is 18.6 Å². The predicted molar refractivity (Wildman–Crippen MR) is 50.0 cm³/mol. The molecule has 0 aliphatic carbocycles. The first kappa shape index (κ1) is 11.9. The highest BCUT2D eigenvalue weighted by Crippen LogP contribution is 2.31. The summed E-state index contributed by atoms with van der Waals surface area (Å²) in [4.78, 5) is 10.6. The lowest BCUT2D eigenvalue weighted by Crippen LogP contribution is -2.07. The van der Waals surface area contributed by atoms with Crippen LogP contribution in [0.1, 0.15) is 11.1 Å². The third kappa shape index (κ3) is 3.16. The van der Waals surface area contributed by atoms with E-state index in [0.717, 1.165) is 18.2 Å². The molecule has 0 saturated carbocycles. The van der Waals surface area contributed by atoms with Crippen LogP contribution in [-0.2, 0) is 17.4 Å². The largest absolute Gasteiger partial charge is 0.481 e. The normalized spacial score (nSPS) is 11.5. The molecule has 82 valence electrons. The van der Waals surface area contributed by atoms with Crippen molar-refractivity contribution < 1.29 is 23.1 Å². The molecule has 0 saturated heterocycles. The van der Waals surface area contributed by atoms with Gasteiger partial charge in [-0.1, -0.05) is 0 Å². The van der Waals surface area contributed by atoms with E-state index in [2.05, 4.69) is 12.6 Å². The number of carboxylic acids is 1. The summed E-state index contributed by atoms with van der Waals surface area (Å²) in [6.45, 7) is 0. The maximum absolute atomic E-state index is 12.3. The molecule has 1 aromatic carbocycles. The van der Waals surface area contributed by atoms with E-state index in [4.69, 9.17) is 5.11 Å². The van der Waals surface area contributed by atoms with Crippen LogP contribution >= 0.6 is 12.6 Å². The molecule has 0 radical (unpaired) electrons. The van der Waals surface area contributed by atoms with Gasteiger partial charge in [-0.15, -0.1) is 12.6 Å². The van der Waals surface area contributed by atoms with Crippen LogP contribution in [0.2, 0.25) is 0 Å². The number of hydrogen-bond acceptors (Lipinski definition) is 2. The first-order chi connectivity index (χ1) is 6.80. The number of carbonyl (C=O) groups is 1. The van der Waals surface area contributed by atoms with Gasteiger partial charge >= 0.3 is 12.1 Å². The van der Waals surface area contributed by atoms with Crippen LogP contribution in [0.25, 0.3) is 0 Å². The molecule has 0 aromatic heterocycles. The molecule has 15 heavy (non-hydrogen) atoms. The van der Waals surface area contributed by atoms with Crippen LogP contribution in [0.3, 0.4) is 0 Å². The zero-order chi connectivity index (χ0) is 11.6. The van der Waals surface area contributed by atoms with Gasteiger partial charge in [-0.25, -0.2) is 0 Å². The Labute approximate surface area is 89.1 Å². The molecular formula is C9H7F3O2S. The molecule has 0 amide bonds. The molecule has 1 aromatic rings. The number of rotatable bonds is 2. The van der Waals surface area contributed by atoms with Gasteiger partial charge < -0.3 is 5.11 Å². The van der Waals surface area contributed by atoms with Crippen LogP contribution in [-0.4, -0.2) is 11.1 Å². The summed E-state index contributed by atoms with van der Waals surface area (Å²) in [5.74, 6) is -1.19. The molecule has 0 fully saturated rings. The fraction of sp³-hybridized carbons (Fsp3) is 0.222. The number of thiol groups is 1. The molecule has 0 bridgehead atoms. The van der Waals surface area contributed by atoms with Crippen LogP contribution in [0.4, 0.5) is 13.2 Å². The van der Waals surface area contributed by atoms with Gasteiger partial charge in [0.25, 0.3) is 0 Å². The number of hydrogen-bond donors (Lipinski definition) is 2. The highest BCUT2D eigenvalue weighted by Gasteiger charge is 2.30. The first-order valence-electron chi connectivity index (χ1n) is 3.91. The summed E-state index contributed by atoms with van der Waals surface area (Å²) in [7, 11) is 0. The summed E-state index contributed by atoms with van der Waals surface area (Å²) in [5, 5.41) is 8.47. The molecule has 1 rings (SSSR count). The molecule has 0 spiro atoms. The van der Waals surface area contributed by atoms with Crippen molar-refractivity contribution in [1.29, 1.82) is 0 Å². The number of halogens is 3. The summed E-state index contributed by atoms with van der Waals surface area (Å²) < 4.78 is 36.8. The summed E-state index contributed by atoms with van der Waals surface area (Å²) in [6.07, 6.45) is -4.93. The Hall–Kier alpha value is -1.17. The lowest BCUT2D eigenvalue weighted by atomic mass is 10.1. The fourth-order valence-corrected chi connectivity index (χ4v) is 1.28. The van der Waals surface area contributed by atoms with Crippen molar-refractivity contribution in [3.8, 4) is 0 Å². The highest BCUT2D eigenvalue weighted by atomic mass is 32.1. The lowest BCUT2D eigenvalue weighted by Gasteiger charge is -2.09. The Morgan fingerprint density at radius 3 is 2.47 bits per heavy atom. The quantitative estimate of drug-likeness (QED) is 0.774. The zero-order valence-corrected chi connectivity index (χ0v) is 8.27. The summed E-state index contributed by atoms with van der Waals surface area (Å²) in [6, 6.07) is 2.81. The van der Waals surface area contributed by atoms with E-state index in [1.807, 2.05) is 0 Å². The Kier molecular flexibility index (Phi) is 3.28. The Morgan fingerprint density at radius 1 is 1.40 bits per heavy atom. The minimum atomic E-state index is -4.46. The van der Waals surface area contributed by atoms with E-state index >= 15 is 0 Å². The lowest BCUT2D eigenvalue weighted by molar-refractivity contribution is -0.138. The highest BCUT2D eigenvalue weighted by molar-refractivity contribution is 7.80. The molecule has 0 aliphatic heterocycles. The van der Waals surface area contributed by atoms with Crippen molar-refractivity contribution in [2.75, 3.05) is 0 Å². The van der Waals surface area contributed by atoms with Crippen molar-refractivity contribution in [2.45, 2.75) is 17.5 Å². The minimum absolute atomic E-state index is 0.0562. The number of carboxylic acid groups (broad SMARTS) is 1. The van der Waals surface area contributed by atoms with E-state index in [1.165, 1.54) is 0 Å². The predicted octanol–water partition coefficient (Wildman–Crippen LogP) is 2.62. The van der Waals surface area contributed by atoms with Crippen LogP contribution in [0.15, 0.2) is 23.1 Å². The van der Waals surface area contributed by atoms with Gasteiger partial charge in [-0.05, 0) is 23.8 Å². The molecule has 6 heteroatoms. The van der Waals surface area contributed by atoms with E-state index in [1.54, 1.807) is 0 Å². The molecule has 0 aliphatic rings. The maximum Gasteiger partial charge on any atom is 0.416 e. The second kappa shape index (κ2) is 4.14. The molecule has 2 nitrogen and oxygen atoms in total. The monoisotopic (exact) mass is 236 g/mol. The third-order valence-electron chi connectivity index (χ3n) is 1.75. The van der Waals surface area contributed by atoms with Gasteiger partial charge in [0.15, 0.2) is 0 Å². The third-order valence-corrected chi connectivity index (χ3v) is 2.18. The SMILES string of the molecule is O=C(O)Cc1cc(C(F)(F)F)ccc1S. The fourth-order valence-electron chi connectivity index (χ4n) is 1.07. The smallest absolute Gasteiger partial charge is 0.416 e. The standard InChI is InChI=1S/C9H7F3O2S/c10-9(11,12)6-1-2-7(15)5(3-6)4-8(13)14/h1-3,15H,4H2,(H,13,14). The van der Waals surface area contributed by atoms with E-state index in [0.29, 0.717) is 0 Å². The van der Waals surface area contributed by atoms with Gasteiger partial charge in [0.05, 0.1) is 12.0 Å². The van der Waals surface area contributed by atoms with Crippen molar-refractivity contribution in [1.82, 2.24) is 0 Å². The molecular weight excluding hydrogens is 229 g/mol. The number of aliphatic carboxylic acids is 1. The van der Waals surface area contributed by atoms with E-state index < -0.39 is 24.1 Å². The zero-order valence-electron chi connectivity index (χ0n) is 7.38. The van der Waals surface area contributed by atoms with Crippen LogP contribution in [0, 0.1) is 0 Å². The van der Waals surface area contributed by atoms with Crippen molar-refractivity contribution in [3.63, 3.8) is 0 Å². The van der Waals surface area contributed by atoms with Crippen LogP contribution in [0.5, 0.6) is 0 Å². The molecule has 0 atom stereocenters. The van der Waals surface area contributed by atoms with Gasteiger partial charge in [0, 0.05) is 4.90 Å². The molecule has 0 heterocycles. The van der Waals surface area contributed by atoms with Crippen molar-refractivity contribution in [2.24, 2.45) is 0 Å². The van der Waals surface area contributed by atoms with Crippen LogP contribution < -0.4 is 0 Å². The van der Waals surface area contributed by atoms with Gasteiger partial charge in [0.2, 0.25) is 0 Å². The second-order valence-electron chi connectivity index (χ2n) is 2.91. The van der Waals surface area contributed by atoms with Gasteiger partial charge in [0.1, 0.15) is 0 Å². The Balaban J connectivity index is 3.11. The van der Waals surface area contributed by atoms with Crippen molar-refractivity contribution in [3.05, 3.63) is 29.3 Å².